The Morgan fingerprint density at radius 3 is 2.23 bits per heavy atom. The number of rotatable bonds is 12. The lowest BCUT2D eigenvalue weighted by Gasteiger charge is -2.08. The number of alkyl halides is 1. The van der Waals surface area contributed by atoms with Crippen molar-refractivity contribution in [3.8, 4) is 17.0 Å². The van der Waals surface area contributed by atoms with Crippen LogP contribution in [0.25, 0.3) is 11.3 Å². The molecule has 0 bridgehead atoms. The minimum Gasteiger partial charge on any atom is -0.489 e. The second-order valence-electron chi connectivity index (χ2n) is 7.04. The highest BCUT2D eigenvalue weighted by Crippen LogP contribution is 2.21. The van der Waals surface area contributed by atoms with E-state index in [1.807, 2.05) is 12.1 Å². The van der Waals surface area contributed by atoms with Gasteiger partial charge in [-0.2, -0.15) is 0 Å². The highest BCUT2D eigenvalue weighted by molar-refractivity contribution is 5.59. The standard InChI is InChI=1S/C23H32FNO/c1-3-4-5-6-7-8-9-10-20-11-13-21(14-12-20)23-16-15-22(17-25-23)26-18-19(2)24/h11-17,19H,3-10,18H2,1-2H3. The van der Waals surface area contributed by atoms with Crippen molar-refractivity contribution in [3.63, 3.8) is 0 Å². The van der Waals surface area contributed by atoms with Crippen LogP contribution in [-0.2, 0) is 6.42 Å². The third-order valence-corrected chi connectivity index (χ3v) is 4.53. The molecule has 0 aliphatic rings. The number of benzene rings is 1. The Kier molecular flexibility index (Phi) is 9.16. The van der Waals surface area contributed by atoms with E-state index in [1.165, 1.54) is 57.4 Å². The van der Waals surface area contributed by atoms with Crippen molar-refractivity contribution in [2.24, 2.45) is 0 Å². The van der Waals surface area contributed by atoms with Crippen LogP contribution in [0.15, 0.2) is 42.6 Å². The molecule has 1 aromatic carbocycles. The average molecular weight is 358 g/mol. The van der Waals surface area contributed by atoms with E-state index in [0.29, 0.717) is 5.75 Å². The summed E-state index contributed by atoms with van der Waals surface area (Å²) in [6.45, 7) is 3.80. The summed E-state index contributed by atoms with van der Waals surface area (Å²) in [5, 5.41) is 0. The molecule has 1 atom stereocenters. The SMILES string of the molecule is CCCCCCCCCc1ccc(-c2ccc(OCC(C)F)cn2)cc1. The molecule has 26 heavy (non-hydrogen) atoms. The van der Waals surface area contributed by atoms with Crippen LogP contribution in [0.4, 0.5) is 4.39 Å². The molecule has 0 aliphatic heterocycles. The van der Waals surface area contributed by atoms with Gasteiger partial charge in [0.15, 0.2) is 0 Å². The van der Waals surface area contributed by atoms with Gasteiger partial charge in [-0.25, -0.2) is 4.39 Å². The number of halogens is 1. The summed E-state index contributed by atoms with van der Waals surface area (Å²) in [4.78, 5) is 4.42. The fraction of sp³-hybridized carbons (Fsp3) is 0.522. The van der Waals surface area contributed by atoms with Crippen LogP contribution in [0.5, 0.6) is 5.75 Å². The van der Waals surface area contributed by atoms with E-state index in [1.54, 1.807) is 6.20 Å². The smallest absolute Gasteiger partial charge is 0.137 e. The first kappa shape index (κ1) is 20.4. The van der Waals surface area contributed by atoms with Gasteiger partial charge in [0, 0.05) is 5.56 Å². The van der Waals surface area contributed by atoms with E-state index in [2.05, 4.69) is 36.2 Å². The normalized spacial score (nSPS) is 12.1. The fourth-order valence-corrected chi connectivity index (χ4v) is 2.98. The van der Waals surface area contributed by atoms with Crippen LogP contribution in [0, 0.1) is 0 Å². The van der Waals surface area contributed by atoms with Gasteiger partial charge in [-0.15, -0.1) is 0 Å². The van der Waals surface area contributed by atoms with Gasteiger partial charge in [-0.1, -0.05) is 69.7 Å². The summed E-state index contributed by atoms with van der Waals surface area (Å²) < 4.78 is 18.1. The Labute approximate surface area is 157 Å². The van der Waals surface area contributed by atoms with Gasteiger partial charge in [0.1, 0.15) is 18.5 Å². The zero-order valence-corrected chi connectivity index (χ0v) is 16.2. The molecule has 2 aromatic rings. The molecule has 0 aliphatic carbocycles. The summed E-state index contributed by atoms with van der Waals surface area (Å²) in [6, 6.07) is 12.4. The first-order valence-electron chi connectivity index (χ1n) is 10.0. The predicted molar refractivity (Wildman–Crippen MR) is 107 cm³/mol. The van der Waals surface area contributed by atoms with Crippen molar-refractivity contribution < 1.29 is 9.13 Å². The number of aromatic nitrogens is 1. The summed E-state index contributed by atoms with van der Waals surface area (Å²) in [5.74, 6) is 0.605. The number of aryl methyl sites for hydroxylation is 1. The van der Waals surface area contributed by atoms with E-state index in [9.17, 15) is 4.39 Å². The number of hydrogen-bond donors (Lipinski definition) is 0. The zero-order valence-electron chi connectivity index (χ0n) is 16.2. The Morgan fingerprint density at radius 2 is 1.62 bits per heavy atom. The highest BCUT2D eigenvalue weighted by Gasteiger charge is 2.03. The van der Waals surface area contributed by atoms with Crippen molar-refractivity contribution in [2.75, 3.05) is 6.61 Å². The topological polar surface area (TPSA) is 22.1 Å². The van der Waals surface area contributed by atoms with Gasteiger partial charge < -0.3 is 4.74 Å². The molecule has 2 nitrogen and oxygen atoms in total. The Bertz CT molecular complexity index is 607. The van der Waals surface area contributed by atoms with Gasteiger partial charge in [-0.05, 0) is 37.5 Å². The zero-order chi connectivity index (χ0) is 18.6. The van der Waals surface area contributed by atoms with E-state index in [0.717, 1.165) is 17.7 Å². The summed E-state index contributed by atoms with van der Waals surface area (Å²) >= 11 is 0. The van der Waals surface area contributed by atoms with Crippen LogP contribution < -0.4 is 4.74 Å². The lowest BCUT2D eigenvalue weighted by atomic mass is 10.0. The number of pyridine rings is 1. The summed E-state index contributed by atoms with van der Waals surface area (Å²) in [5.41, 5.74) is 3.39. The summed E-state index contributed by atoms with van der Waals surface area (Å²) in [6.07, 6.45) is 11.2. The molecule has 0 saturated carbocycles. The van der Waals surface area contributed by atoms with Gasteiger partial charge in [0.2, 0.25) is 0 Å². The second-order valence-corrected chi connectivity index (χ2v) is 7.04. The van der Waals surface area contributed by atoms with Crippen LogP contribution in [0.1, 0.15) is 64.4 Å². The van der Waals surface area contributed by atoms with Crippen molar-refractivity contribution in [1.29, 1.82) is 0 Å². The van der Waals surface area contributed by atoms with Crippen LogP contribution in [-0.4, -0.2) is 17.8 Å². The Balaban J connectivity index is 1.76. The quantitative estimate of drug-likeness (QED) is 0.391. The van der Waals surface area contributed by atoms with E-state index < -0.39 is 6.17 Å². The largest absolute Gasteiger partial charge is 0.489 e. The number of nitrogens with zero attached hydrogens (tertiary/aromatic N) is 1. The maximum Gasteiger partial charge on any atom is 0.137 e. The van der Waals surface area contributed by atoms with E-state index >= 15 is 0 Å². The molecular formula is C23H32FNO. The minimum absolute atomic E-state index is 0.0638. The molecule has 2 rings (SSSR count). The lowest BCUT2D eigenvalue weighted by Crippen LogP contribution is -2.08. The molecule has 1 heterocycles. The molecule has 1 unspecified atom stereocenters. The monoisotopic (exact) mass is 357 g/mol. The van der Waals surface area contributed by atoms with Gasteiger partial charge in [0.25, 0.3) is 0 Å². The highest BCUT2D eigenvalue weighted by atomic mass is 19.1. The fourth-order valence-electron chi connectivity index (χ4n) is 2.98. The molecule has 1 aromatic heterocycles. The predicted octanol–water partition coefficient (Wildman–Crippen LogP) is 6.78. The Hall–Kier alpha value is -1.90. The van der Waals surface area contributed by atoms with Crippen LogP contribution in [0.2, 0.25) is 0 Å². The lowest BCUT2D eigenvalue weighted by molar-refractivity contribution is 0.209. The molecule has 0 N–H and O–H groups in total. The van der Waals surface area contributed by atoms with Gasteiger partial charge in [-0.3, -0.25) is 4.98 Å². The Morgan fingerprint density at radius 1 is 0.923 bits per heavy atom. The molecule has 0 saturated heterocycles. The molecule has 0 spiro atoms. The molecule has 3 heteroatoms. The van der Waals surface area contributed by atoms with Crippen molar-refractivity contribution >= 4 is 0 Å². The molecule has 0 radical (unpaired) electrons. The molecule has 142 valence electrons. The van der Waals surface area contributed by atoms with Crippen LogP contribution in [0.3, 0.4) is 0 Å². The molecule has 0 amide bonds. The third kappa shape index (κ3) is 7.55. The molecular weight excluding hydrogens is 325 g/mol. The first-order chi connectivity index (χ1) is 12.7. The van der Waals surface area contributed by atoms with Crippen molar-refractivity contribution in [2.45, 2.75) is 71.4 Å². The van der Waals surface area contributed by atoms with Gasteiger partial charge in [0.05, 0.1) is 11.9 Å². The maximum absolute atomic E-state index is 12.8. The third-order valence-electron chi connectivity index (χ3n) is 4.53. The number of unbranched alkanes of at least 4 members (excludes halogenated alkanes) is 6. The van der Waals surface area contributed by atoms with Crippen molar-refractivity contribution in [1.82, 2.24) is 4.98 Å². The van der Waals surface area contributed by atoms with Crippen molar-refractivity contribution in [3.05, 3.63) is 48.2 Å². The maximum atomic E-state index is 12.8. The minimum atomic E-state index is -0.974. The summed E-state index contributed by atoms with van der Waals surface area (Å²) in [7, 11) is 0. The average Bonchev–Trinajstić information content (AvgIpc) is 2.66. The number of hydrogen-bond acceptors (Lipinski definition) is 2. The van der Waals surface area contributed by atoms with E-state index in [-0.39, 0.29) is 6.61 Å². The van der Waals surface area contributed by atoms with Gasteiger partial charge >= 0.3 is 0 Å². The molecule has 0 fully saturated rings. The number of ether oxygens (including phenoxy) is 1. The van der Waals surface area contributed by atoms with Crippen LogP contribution >= 0.6 is 0 Å². The van der Waals surface area contributed by atoms with E-state index in [4.69, 9.17) is 4.74 Å². The second kappa shape index (κ2) is 11.7. The first-order valence-corrected chi connectivity index (χ1v) is 10.0.